The van der Waals surface area contributed by atoms with Gasteiger partial charge in [-0.25, -0.2) is 8.42 Å². The van der Waals surface area contributed by atoms with Crippen LogP contribution in [-0.2, 0) is 20.0 Å². The highest BCUT2D eigenvalue weighted by atomic mass is 35.5. The minimum absolute atomic E-state index is 0.305. The molecule has 134 valence electrons. The first-order valence-electron chi connectivity index (χ1n) is 8.03. The van der Waals surface area contributed by atoms with Crippen molar-refractivity contribution >= 4 is 27.3 Å². The minimum atomic E-state index is -3.49. The van der Waals surface area contributed by atoms with Gasteiger partial charge in [-0.2, -0.15) is 0 Å². The molecule has 1 saturated heterocycles. The maximum absolute atomic E-state index is 12.8. The normalized spacial score (nSPS) is 18.2. The molecule has 0 unspecified atom stereocenters. The second-order valence-electron chi connectivity index (χ2n) is 7.09. The van der Waals surface area contributed by atoms with Crippen LogP contribution in [0.25, 0.3) is 0 Å². The fourth-order valence-corrected chi connectivity index (χ4v) is 4.54. The van der Waals surface area contributed by atoms with Gasteiger partial charge in [-0.05, 0) is 43.6 Å². The van der Waals surface area contributed by atoms with Crippen LogP contribution in [0.4, 0.5) is 0 Å². The molecule has 1 aliphatic rings. The smallest absolute Gasteiger partial charge is 0.241 e. The summed E-state index contributed by atoms with van der Waals surface area (Å²) >= 11 is 5.92. The monoisotopic (exact) mass is 372 g/mol. The van der Waals surface area contributed by atoms with Gasteiger partial charge in [0.15, 0.2) is 14.6 Å². The number of piperidine rings is 1. The zero-order chi connectivity index (χ0) is 18.0. The van der Waals surface area contributed by atoms with E-state index >= 15 is 0 Å². The summed E-state index contributed by atoms with van der Waals surface area (Å²) in [6.45, 7) is 5.43. The number of halogens is 1. The molecule has 1 aromatic carbocycles. The molecule has 0 spiro atoms. The quantitative estimate of drug-likeness (QED) is 0.827. The van der Waals surface area contributed by atoms with Gasteiger partial charge in [-0.15, -0.1) is 0 Å². The van der Waals surface area contributed by atoms with Gasteiger partial charge in [0.2, 0.25) is 5.91 Å². The highest BCUT2D eigenvalue weighted by Gasteiger charge is 2.48. The summed E-state index contributed by atoms with van der Waals surface area (Å²) in [5.41, 5.74) is 0.706. The number of carbonyl (C=O) groups is 1. The third-order valence-corrected chi connectivity index (χ3v) is 7.12. The highest BCUT2D eigenvalue weighted by Crippen LogP contribution is 2.29. The van der Waals surface area contributed by atoms with E-state index in [2.05, 4.69) is 10.6 Å². The summed E-state index contributed by atoms with van der Waals surface area (Å²) in [6.07, 6.45) is 1.76. The summed E-state index contributed by atoms with van der Waals surface area (Å²) in [5.74, 6) is -0.395. The van der Waals surface area contributed by atoms with Gasteiger partial charge in [0, 0.05) is 23.2 Å². The summed E-state index contributed by atoms with van der Waals surface area (Å²) in [6, 6.07) is 7.47. The molecule has 0 saturated carbocycles. The van der Waals surface area contributed by atoms with Crippen molar-refractivity contribution in [3.63, 3.8) is 0 Å². The van der Waals surface area contributed by atoms with Crippen LogP contribution in [0, 0.1) is 0 Å². The number of sulfone groups is 1. The van der Waals surface area contributed by atoms with Crippen LogP contribution in [0.15, 0.2) is 24.3 Å². The molecule has 0 radical (unpaired) electrons. The Kier molecular flexibility index (Phi) is 5.62. The van der Waals surface area contributed by atoms with Crippen molar-refractivity contribution in [2.75, 3.05) is 25.9 Å². The molecule has 5 nitrogen and oxygen atoms in total. The lowest BCUT2D eigenvalue weighted by molar-refractivity contribution is -0.124. The van der Waals surface area contributed by atoms with E-state index in [1.165, 1.54) is 0 Å². The van der Waals surface area contributed by atoms with Crippen molar-refractivity contribution in [1.82, 2.24) is 10.6 Å². The Bertz CT molecular complexity index is 693. The molecule has 1 fully saturated rings. The van der Waals surface area contributed by atoms with Crippen molar-refractivity contribution < 1.29 is 13.2 Å². The molecule has 0 aromatic heterocycles. The second kappa shape index (κ2) is 7.02. The average molecular weight is 373 g/mol. The van der Waals surface area contributed by atoms with Gasteiger partial charge in [-0.3, -0.25) is 4.79 Å². The summed E-state index contributed by atoms with van der Waals surface area (Å²) in [5, 5.41) is 6.64. The standard InChI is InChI=1S/C17H25ClN2O3S/c1-16(2,13-4-6-14(18)7-5-13)12-20-15(21)17(24(3,22)23)8-10-19-11-9-17/h4-7,19H,8-12H2,1-3H3,(H,20,21). The molecule has 2 rings (SSSR count). The molecule has 1 aliphatic heterocycles. The van der Waals surface area contributed by atoms with Gasteiger partial charge in [0.05, 0.1) is 0 Å². The maximum Gasteiger partial charge on any atom is 0.241 e. The Hall–Kier alpha value is -1.11. The third-order valence-electron chi connectivity index (χ3n) is 4.85. The number of nitrogens with one attached hydrogen (secondary N) is 2. The fraction of sp³-hybridized carbons (Fsp3) is 0.588. The zero-order valence-corrected chi connectivity index (χ0v) is 15.9. The van der Waals surface area contributed by atoms with Crippen molar-refractivity contribution in [3.8, 4) is 0 Å². The molecular weight excluding hydrogens is 348 g/mol. The molecule has 24 heavy (non-hydrogen) atoms. The van der Waals surface area contributed by atoms with Crippen LogP contribution < -0.4 is 10.6 Å². The number of hydrogen-bond acceptors (Lipinski definition) is 4. The first kappa shape index (κ1) is 19.2. The Morgan fingerprint density at radius 3 is 2.29 bits per heavy atom. The van der Waals surface area contributed by atoms with Crippen molar-refractivity contribution in [1.29, 1.82) is 0 Å². The molecule has 1 heterocycles. The van der Waals surface area contributed by atoms with Crippen LogP contribution in [0.3, 0.4) is 0 Å². The Morgan fingerprint density at radius 1 is 1.25 bits per heavy atom. The topological polar surface area (TPSA) is 75.3 Å². The average Bonchev–Trinajstić information content (AvgIpc) is 2.52. The molecule has 1 amide bonds. The Labute approximate surface area is 149 Å². The van der Waals surface area contributed by atoms with E-state index in [4.69, 9.17) is 11.6 Å². The largest absolute Gasteiger partial charge is 0.354 e. The van der Waals surface area contributed by atoms with Crippen LogP contribution in [0.1, 0.15) is 32.3 Å². The molecule has 7 heteroatoms. The lowest BCUT2D eigenvalue weighted by Gasteiger charge is -2.35. The predicted molar refractivity (Wildman–Crippen MR) is 97.2 cm³/mol. The second-order valence-corrected chi connectivity index (χ2v) is 9.85. The minimum Gasteiger partial charge on any atom is -0.354 e. The highest BCUT2D eigenvalue weighted by molar-refractivity contribution is 7.92. The summed E-state index contributed by atoms with van der Waals surface area (Å²) in [7, 11) is -3.49. The van der Waals surface area contributed by atoms with Gasteiger partial charge in [-0.1, -0.05) is 37.6 Å². The Morgan fingerprint density at radius 2 is 1.79 bits per heavy atom. The van der Waals surface area contributed by atoms with Gasteiger partial charge in [0.1, 0.15) is 0 Å². The molecule has 0 atom stereocenters. The summed E-state index contributed by atoms with van der Waals surface area (Å²) in [4.78, 5) is 12.8. The number of amides is 1. The number of hydrogen-bond donors (Lipinski definition) is 2. The van der Waals surface area contributed by atoms with Crippen LogP contribution in [-0.4, -0.2) is 45.0 Å². The third kappa shape index (κ3) is 3.92. The lowest BCUT2D eigenvalue weighted by atomic mass is 9.84. The van der Waals surface area contributed by atoms with Crippen LogP contribution >= 0.6 is 11.6 Å². The maximum atomic E-state index is 12.8. The van der Waals surface area contributed by atoms with E-state index in [1.807, 2.05) is 38.1 Å². The Balaban J connectivity index is 2.14. The molecule has 2 N–H and O–H groups in total. The number of carbonyl (C=O) groups excluding carboxylic acids is 1. The van der Waals surface area contributed by atoms with Crippen LogP contribution in [0.2, 0.25) is 5.02 Å². The van der Waals surface area contributed by atoms with Gasteiger partial charge in [0.25, 0.3) is 0 Å². The number of benzene rings is 1. The fourth-order valence-electron chi connectivity index (χ4n) is 3.06. The van der Waals surface area contributed by atoms with E-state index in [-0.39, 0.29) is 5.41 Å². The zero-order valence-electron chi connectivity index (χ0n) is 14.4. The van der Waals surface area contributed by atoms with E-state index in [9.17, 15) is 13.2 Å². The van der Waals surface area contributed by atoms with Gasteiger partial charge >= 0.3 is 0 Å². The first-order chi connectivity index (χ1) is 11.1. The van der Waals surface area contributed by atoms with Crippen molar-refractivity contribution in [3.05, 3.63) is 34.9 Å². The SMILES string of the molecule is CC(C)(CNC(=O)C1(S(C)(=O)=O)CCNCC1)c1ccc(Cl)cc1. The van der Waals surface area contributed by atoms with E-state index in [0.717, 1.165) is 11.8 Å². The summed E-state index contributed by atoms with van der Waals surface area (Å²) < 4.78 is 23.2. The molecular formula is C17H25ClN2O3S. The van der Waals surface area contributed by atoms with Crippen molar-refractivity contribution in [2.45, 2.75) is 36.9 Å². The molecule has 0 bridgehead atoms. The van der Waals surface area contributed by atoms with E-state index < -0.39 is 20.5 Å². The van der Waals surface area contributed by atoms with Crippen LogP contribution in [0.5, 0.6) is 0 Å². The number of rotatable bonds is 5. The lowest BCUT2D eigenvalue weighted by Crippen LogP contribution is -2.58. The van der Waals surface area contributed by atoms with E-state index in [1.54, 1.807) is 0 Å². The first-order valence-corrected chi connectivity index (χ1v) is 10.3. The molecule has 0 aliphatic carbocycles. The van der Waals surface area contributed by atoms with Crippen molar-refractivity contribution in [2.24, 2.45) is 0 Å². The predicted octanol–water partition coefficient (Wildman–Crippen LogP) is 1.90. The molecule has 1 aromatic rings. The van der Waals surface area contributed by atoms with E-state index in [0.29, 0.717) is 37.5 Å². The van der Waals surface area contributed by atoms with Gasteiger partial charge < -0.3 is 10.6 Å².